The number of para-hydroxylation sites is 1. The Balaban J connectivity index is 1.65. The molecule has 42 heavy (non-hydrogen) atoms. The van der Waals surface area contributed by atoms with Crippen LogP contribution in [0.15, 0.2) is 47.4 Å². The van der Waals surface area contributed by atoms with Gasteiger partial charge in [0.25, 0.3) is 0 Å². The molecule has 3 saturated heterocycles. The Morgan fingerprint density at radius 1 is 0.857 bits per heavy atom. The van der Waals surface area contributed by atoms with Crippen molar-refractivity contribution >= 4 is 11.6 Å². The van der Waals surface area contributed by atoms with E-state index in [1.807, 2.05) is 7.05 Å². The third-order valence-electron chi connectivity index (χ3n) is 9.92. The molecule has 1 aromatic rings. The molecule has 0 radical (unpaired) electrons. The van der Waals surface area contributed by atoms with Crippen LogP contribution in [-0.4, -0.2) is 95.0 Å². The van der Waals surface area contributed by atoms with Crippen molar-refractivity contribution in [3.8, 4) is 0 Å². The van der Waals surface area contributed by atoms with E-state index in [0.29, 0.717) is 31.6 Å². The van der Waals surface area contributed by atoms with Crippen LogP contribution in [0.2, 0.25) is 0 Å². The molecule has 3 fully saturated rings. The van der Waals surface area contributed by atoms with Crippen molar-refractivity contribution in [1.82, 2.24) is 24.9 Å². The summed E-state index contributed by atoms with van der Waals surface area (Å²) >= 11 is 0. The third kappa shape index (κ3) is 5.57. The highest BCUT2D eigenvalue weighted by atomic mass is 19.4. The molecule has 4 aliphatic heterocycles. The van der Waals surface area contributed by atoms with Gasteiger partial charge in [-0.2, -0.15) is 0 Å². The first-order valence-corrected chi connectivity index (χ1v) is 14.9. The molecular weight excluding hydrogens is 546 g/mol. The van der Waals surface area contributed by atoms with E-state index in [1.54, 1.807) is 35.2 Å². The molecule has 0 aromatic heterocycles. The summed E-state index contributed by atoms with van der Waals surface area (Å²) in [4.78, 5) is 10.5. The molecule has 0 aliphatic carbocycles. The lowest BCUT2D eigenvalue weighted by atomic mass is 9.65. The summed E-state index contributed by atoms with van der Waals surface area (Å²) in [6.45, 7) is 14.7. The van der Waals surface area contributed by atoms with E-state index in [-0.39, 0.29) is 26.8 Å². The Hall–Kier alpha value is -2.21. The normalized spacial score (nSPS) is 34.6. The van der Waals surface area contributed by atoms with Gasteiger partial charge in [0.2, 0.25) is 11.7 Å². The van der Waals surface area contributed by atoms with Gasteiger partial charge in [-0.05, 0) is 84.0 Å². The maximum absolute atomic E-state index is 16.8. The van der Waals surface area contributed by atoms with Gasteiger partial charge < -0.3 is 10.2 Å². The first-order valence-electron chi connectivity index (χ1n) is 14.9. The molecule has 5 rings (SSSR count). The van der Waals surface area contributed by atoms with Gasteiger partial charge in [0.15, 0.2) is 5.83 Å². The number of rotatable bonds is 4. The van der Waals surface area contributed by atoms with Crippen molar-refractivity contribution in [3.05, 3.63) is 42.4 Å². The number of guanidine groups is 1. The zero-order valence-electron chi connectivity index (χ0n) is 26.2. The topological polar surface area (TPSA) is 49.4 Å². The van der Waals surface area contributed by atoms with Gasteiger partial charge in [0.05, 0.1) is 6.20 Å². The van der Waals surface area contributed by atoms with Crippen LogP contribution in [0.4, 0.5) is 23.2 Å². The maximum atomic E-state index is 16.8. The minimum atomic E-state index is -4.96. The number of anilines is 1. The zero-order valence-corrected chi connectivity index (χ0v) is 26.2. The highest BCUT2D eigenvalue weighted by Gasteiger charge is 2.64. The second-order valence-corrected chi connectivity index (χ2v) is 15.2. The van der Waals surface area contributed by atoms with Crippen LogP contribution in [0.5, 0.6) is 0 Å². The average Bonchev–Trinajstić information content (AvgIpc) is 2.82. The van der Waals surface area contributed by atoms with Crippen LogP contribution in [-0.2, 0) is 0 Å². The molecule has 234 valence electrons. The van der Waals surface area contributed by atoms with E-state index < -0.39 is 29.9 Å². The Bertz CT molecular complexity index is 1190. The molecule has 0 spiro atoms. The highest BCUT2D eigenvalue weighted by molar-refractivity contribution is 5.95. The van der Waals surface area contributed by atoms with Gasteiger partial charge >= 0.3 is 6.30 Å². The summed E-state index contributed by atoms with van der Waals surface area (Å²) in [5.41, 5.74) is -0.848. The molecule has 0 amide bonds. The van der Waals surface area contributed by atoms with E-state index in [9.17, 15) is 0 Å². The van der Waals surface area contributed by atoms with E-state index in [0.717, 1.165) is 25.7 Å². The molecule has 4 heterocycles. The Morgan fingerprint density at radius 3 is 1.93 bits per heavy atom. The van der Waals surface area contributed by atoms with Crippen LogP contribution in [0, 0.1) is 10.8 Å². The minimum absolute atomic E-state index is 0.206. The predicted octanol–water partition coefficient (Wildman–Crippen LogP) is 5.66. The molecule has 11 heteroatoms. The van der Waals surface area contributed by atoms with Crippen LogP contribution in [0.25, 0.3) is 0 Å². The van der Waals surface area contributed by atoms with Crippen molar-refractivity contribution in [3.63, 3.8) is 0 Å². The fraction of sp³-hybridized carbons (Fsp3) is 0.710. The smallest absolute Gasteiger partial charge is 0.326 e. The van der Waals surface area contributed by atoms with E-state index in [4.69, 9.17) is 0 Å². The van der Waals surface area contributed by atoms with Gasteiger partial charge in [0, 0.05) is 49.0 Å². The number of halogens is 4. The number of fused-ring (bicyclic) bond motifs is 2. The number of aliphatic imine (C=N–C) groups is 1. The summed E-state index contributed by atoms with van der Waals surface area (Å²) in [5.74, 6) is -3.73. The molecule has 2 bridgehead atoms. The van der Waals surface area contributed by atoms with Crippen molar-refractivity contribution in [1.29, 1.82) is 0 Å². The lowest BCUT2D eigenvalue weighted by Crippen LogP contribution is -2.80. The van der Waals surface area contributed by atoms with Gasteiger partial charge in [-0.15, -0.1) is 13.2 Å². The number of benzene rings is 1. The van der Waals surface area contributed by atoms with E-state index in [2.05, 4.69) is 74.0 Å². The number of alkyl halides is 3. The number of nitrogens with zero attached hydrogens (tertiary/aromatic N) is 5. The quantitative estimate of drug-likeness (QED) is 0.347. The summed E-state index contributed by atoms with van der Waals surface area (Å²) < 4.78 is 63.3. The fourth-order valence-corrected chi connectivity index (χ4v) is 8.76. The lowest BCUT2D eigenvalue weighted by Gasteiger charge is -2.63. The second-order valence-electron chi connectivity index (χ2n) is 15.2. The minimum Gasteiger partial charge on any atom is -0.326 e. The van der Waals surface area contributed by atoms with E-state index >= 15 is 17.6 Å². The number of hydrogen-bond acceptors (Lipinski definition) is 7. The molecule has 2 N–H and O–H groups in total. The Kier molecular flexibility index (Phi) is 7.56. The fourth-order valence-electron chi connectivity index (χ4n) is 8.76. The highest BCUT2D eigenvalue weighted by Crippen LogP contribution is 2.51. The van der Waals surface area contributed by atoms with Crippen LogP contribution < -0.4 is 10.6 Å². The van der Waals surface area contributed by atoms with Crippen molar-refractivity contribution in [2.75, 3.05) is 45.6 Å². The largest absolute Gasteiger partial charge is 0.490 e. The summed E-state index contributed by atoms with van der Waals surface area (Å²) in [6.07, 6.45) is -2.02. The number of likely N-dealkylation sites (tertiary alicyclic amines) is 3. The number of hydrogen-bond donors (Lipinski definition) is 2. The summed E-state index contributed by atoms with van der Waals surface area (Å²) in [7, 11) is 4.10. The standard InChI is InChI=1S/C31H47F4N7/c1-26(2)14-23(15-27(3,4)40(26)8)38-30(41-20-28(5)17-29(6,21-41)19-39(7)18-28)24(32)16-36-25(42(30)31(33,34)35)37-22-12-10-9-11-13-22/h9-13,16,23,38H,14-15,17-21H2,1-8H3,(H,36,37). The molecule has 3 unspecified atom stereocenters. The summed E-state index contributed by atoms with van der Waals surface area (Å²) in [5, 5.41) is 6.22. The molecule has 1 aromatic carbocycles. The SMILES string of the molecule is CN1CC2(C)CN(C3(NC4CC(C)(C)N(C)C(C)(C)C4)C(F)=CN=C(Nc4ccccc4)N3C(F)(F)F)CC(C)(C1)C2. The third-order valence-corrected chi connectivity index (χ3v) is 9.92. The first-order chi connectivity index (χ1) is 19.3. The number of nitrogens with one attached hydrogen (secondary N) is 2. The number of piperidine rings is 3. The van der Waals surface area contributed by atoms with E-state index in [1.165, 1.54) is 0 Å². The summed E-state index contributed by atoms with van der Waals surface area (Å²) in [6, 6.07) is 8.19. The molecule has 0 saturated carbocycles. The van der Waals surface area contributed by atoms with Crippen molar-refractivity contribution < 1.29 is 17.6 Å². The van der Waals surface area contributed by atoms with Gasteiger partial charge in [-0.3, -0.25) is 15.1 Å². The van der Waals surface area contributed by atoms with Crippen LogP contribution in [0.3, 0.4) is 0 Å². The molecule has 7 nitrogen and oxygen atoms in total. The van der Waals surface area contributed by atoms with Crippen molar-refractivity contribution in [2.24, 2.45) is 15.8 Å². The van der Waals surface area contributed by atoms with Crippen molar-refractivity contribution in [2.45, 2.75) is 90.0 Å². The average molecular weight is 594 g/mol. The zero-order chi connectivity index (χ0) is 30.9. The van der Waals surface area contributed by atoms with Crippen LogP contribution in [0.1, 0.15) is 60.8 Å². The molecule has 4 aliphatic rings. The van der Waals surface area contributed by atoms with Gasteiger partial charge in [0.1, 0.15) is 0 Å². The lowest BCUT2D eigenvalue weighted by molar-refractivity contribution is -0.284. The molecular formula is C31H47F4N7. The predicted molar refractivity (Wildman–Crippen MR) is 159 cm³/mol. The Labute approximate surface area is 248 Å². The molecule has 3 atom stereocenters. The monoisotopic (exact) mass is 593 g/mol. The Morgan fingerprint density at radius 2 is 1.40 bits per heavy atom. The van der Waals surface area contributed by atoms with Gasteiger partial charge in [-0.25, -0.2) is 14.3 Å². The first kappa shape index (κ1) is 31.2. The second kappa shape index (κ2) is 10.2. The maximum Gasteiger partial charge on any atom is 0.490 e. The van der Waals surface area contributed by atoms with Gasteiger partial charge in [-0.1, -0.05) is 32.0 Å². The van der Waals surface area contributed by atoms with Crippen LogP contribution >= 0.6 is 0 Å².